The second kappa shape index (κ2) is 7.98. The summed E-state index contributed by atoms with van der Waals surface area (Å²) in [6, 6.07) is 6.94. The lowest BCUT2D eigenvalue weighted by Gasteiger charge is -2.15. The van der Waals surface area contributed by atoms with Crippen molar-refractivity contribution in [3.63, 3.8) is 0 Å². The van der Waals surface area contributed by atoms with Gasteiger partial charge in [0, 0.05) is 0 Å². The molecule has 7 nitrogen and oxygen atoms in total. The summed E-state index contributed by atoms with van der Waals surface area (Å²) in [5.74, 6) is -0.626. The van der Waals surface area contributed by atoms with Gasteiger partial charge in [-0.3, -0.25) is 0 Å². The van der Waals surface area contributed by atoms with Crippen molar-refractivity contribution < 1.29 is 33.1 Å². The molecule has 1 heterocycles. The third-order valence-electron chi connectivity index (χ3n) is 3.24. The molecule has 8 heteroatoms. The smallest absolute Gasteiger partial charge is 0.495 e. The van der Waals surface area contributed by atoms with Crippen LogP contribution < -0.4 is 10.2 Å². The summed E-state index contributed by atoms with van der Waals surface area (Å²) in [6.45, 7) is 3.71. The molecule has 1 aromatic rings. The average Bonchev–Trinajstić information content (AvgIpc) is 3.01. The van der Waals surface area contributed by atoms with Crippen LogP contribution in [-0.4, -0.2) is 51.6 Å². The number of benzene rings is 1. The van der Waals surface area contributed by atoms with Gasteiger partial charge in [0.15, 0.2) is 12.2 Å². The second-order valence-corrected chi connectivity index (χ2v) is 4.72. The molecule has 23 heavy (non-hydrogen) atoms. The fourth-order valence-electron chi connectivity index (χ4n) is 2.17. The predicted octanol–water partition coefficient (Wildman–Crippen LogP) is 0.301. The quantitative estimate of drug-likeness (QED) is 0.550. The first-order chi connectivity index (χ1) is 11.1. The maximum Gasteiger partial charge on any atom is 0.495 e. The first-order valence-corrected chi connectivity index (χ1v) is 7.38. The summed E-state index contributed by atoms with van der Waals surface area (Å²) >= 11 is 0. The highest BCUT2D eigenvalue weighted by atomic mass is 16.7. The lowest BCUT2D eigenvalue weighted by atomic mass is 9.79. The Labute approximate surface area is 134 Å². The molecule has 0 unspecified atom stereocenters. The zero-order valence-corrected chi connectivity index (χ0v) is 13.3. The molecule has 2 atom stereocenters. The lowest BCUT2D eigenvalue weighted by Crippen LogP contribution is -2.39. The van der Waals surface area contributed by atoms with Crippen molar-refractivity contribution >= 4 is 24.5 Å². The van der Waals surface area contributed by atoms with Crippen LogP contribution in [0.1, 0.15) is 13.8 Å². The van der Waals surface area contributed by atoms with Crippen molar-refractivity contribution in [2.75, 3.05) is 20.3 Å². The molecule has 0 N–H and O–H groups in total. The van der Waals surface area contributed by atoms with E-state index in [1.807, 2.05) is 0 Å². The molecular formula is C15H19BO7. The van der Waals surface area contributed by atoms with Gasteiger partial charge in [0.25, 0.3) is 0 Å². The Hall–Kier alpha value is -2.06. The van der Waals surface area contributed by atoms with Crippen LogP contribution in [0.4, 0.5) is 0 Å². The van der Waals surface area contributed by atoms with Gasteiger partial charge in [0.1, 0.15) is 5.75 Å². The van der Waals surface area contributed by atoms with E-state index in [0.717, 1.165) is 0 Å². The van der Waals surface area contributed by atoms with Crippen LogP contribution in [0.5, 0.6) is 5.75 Å². The molecular weight excluding hydrogens is 303 g/mol. The highest BCUT2D eigenvalue weighted by Gasteiger charge is 2.49. The zero-order chi connectivity index (χ0) is 16.8. The first-order valence-electron chi connectivity index (χ1n) is 7.38. The van der Waals surface area contributed by atoms with Crippen LogP contribution in [-0.2, 0) is 28.4 Å². The molecule has 1 aliphatic heterocycles. The Kier molecular flexibility index (Phi) is 6.01. The van der Waals surface area contributed by atoms with Crippen molar-refractivity contribution in [1.82, 2.24) is 0 Å². The van der Waals surface area contributed by atoms with Crippen molar-refractivity contribution in [2.24, 2.45) is 0 Å². The number of carbonyl (C=O) groups excluding carboxylic acids is 2. The fraction of sp³-hybridized carbons (Fsp3) is 0.467. The zero-order valence-electron chi connectivity index (χ0n) is 13.3. The molecule has 1 saturated heterocycles. The molecule has 0 radical (unpaired) electrons. The Balaban J connectivity index is 2.17. The summed E-state index contributed by atoms with van der Waals surface area (Å²) < 4.78 is 26.1. The lowest BCUT2D eigenvalue weighted by molar-refractivity contribution is -0.163. The minimum Gasteiger partial charge on any atom is -0.497 e. The van der Waals surface area contributed by atoms with Crippen molar-refractivity contribution in [3.05, 3.63) is 24.3 Å². The van der Waals surface area contributed by atoms with E-state index in [4.69, 9.17) is 23.5 Å². The third kappa shape index (κ3) is 4.03. The maximum atomic E-state index is 12.0. The van der Waals surface area contributed by atoms with E-state index in [1.165, 1.54) is 0 Å². The second-order valence-electron chi connectivity index (χ2n) is 4.72. The molecule has 124 valence electrons. The van der Waals surface area contributed by atoms with Gasteiger partial charge in [-0.25, -0.2) is 9.59 Å². The predicted molar refractivity (Wildman–Crippen MR) is 81.4 cm³/mol. The van der Waals surface area contributed by atoms with Crippen molar-refractivity contribution in [1.29, 1.82) is 0 Å². The number of rotatable bonds is 6. The molecule has 1 aliphatic rings. The van der Waals surface area contributed by atoms with Crippen molar-refractivity contribution in [3.8, 4) is 5.75 Å². The van der Waals surface area contributed by atoms with E-state index >= 15 is 0 Å². The molecule has 1 aromatic carbocycles. The standard InChI is InChI=1S/C15H19BO7/c1-4-20-14(17)12-13(15(18)21-5-2)23-16(22-12)10-6-8-11(19-3)9-7-10/h6-9,12-13H,4-5H2,1-3H3/t12-,13-/m1/s1. The number of ether oxygens (including phenoxy) is 3. The van der Waals surface area contributed by atoms with E-state index in [2.05, 4.69) is 0 Å². The van der Waals surface area contributed by atoms with E-state index in [9.17, 15) is 9.59 Å². The van der Waals surface area contributed by atoms with Gasteiger partial charge in [0.05, 0.1) is 20.3 Å². The minimum atomic E-state index is -1.15. The van der Waals surface area contributed by atoms with Crippen LogP contribution in [0.25, 0.3) is 0 Å². The number of hydrogen-bond acceptors (Lipinski definition) is 7. The van der Waals surface area contributed by atoms with E-state index in [0.29, 0.717) is 11.2 Å². The van der Waals surface area contributed by atoms with Crippen LogP contribution in [0.2, 0.25) is 0 Å². The molecule has 0 aliphatic carbocycles. The Morgan fingerprint density at radius 1 is 1.00 bits per heavy atom. The van der Waals surface area contributed by atoms with E-state index in [-0.39, 0.29) is 13.2 Å². The summed E-state index contributed by atoms with van der Waals surface area (Å²) in [5, 5.41) is 0. The number of methoxy groups -OCH3 is 1. The van der Waals surface area contributed by atoms with Crippen LogP contribution >= 0.6 is 0 Å². The fourth-order valence-corrected chi connectivity index (χ4v) is 2.17. The number of carbonyl (C=O) groups is 2. The van der Waals surface area contributed by atoms with Crippen molar-refractivity contribution in [2.45, 2.75) is 26.1 Å². The van der Waals surface area contributed by atoms with Gasteiger partial charge in [-0.15, -0.1) is 0 Å². The maximum absolute atomic E-state index is 12.0. The normalized spacial score (nSPS) is 20.2. The highest BCUT2D eigenvalue weighted by molar-refractivity contribution is 6.62. The molecule has 0 aromatic heterocycles. The Morgan fingerprint density at radius 3 is 1.87 bits per heavy atom. The van der Waals surface area contributed by atoms with Crippen LogP contribution in [0.3, 0.4) is 0 Å². The third-order valence-corrected chi connectivity index (χ3v) is 3.24. The highest BCUT2D eigenvalue weighted by Crippen LogP contribution is 2.20. The SMILES string of the molecule is CCOC(=O)[C@@H]1OB(c2ccc(OC)cc2)O[C@H]1C(=O)OCC. The van der Waals surface area contributed by atoms with Crippen LogP contribution in [0, 0.1) is 0 Å². The number of hydrogen-bond donors (Lipinski definition) is 0. The van der Waals surface area contributed by atoms with Gasteiger partial charge >= 0.3 is 19.1 Å². The topological polar surface area (TPSA) is 80.3 Å². The summed E-state index contributed by atoms with van der Waals surface area (Å²) in [7, 11) is 0.704. The monoisotopic (exact) mass is 322 g/mol. The molecule has 2 rings (SSSR count). The summed E-state index contributed by atoms with van der Waals surface area (Å²) in [5.41, 5.74) is 0.659. The number of esters is 2. The van der Waals surface area contributed by atoms with E-state index in [1.54, 1.807) is 45.2 Å². The molecule has 1 fully saturated rings. The molecule has 0 saturated carbocycles. The molecule has 0 amide bonds. The summed E-state index contributed by atoms with van der Waals surface area (Å²) in [4.78, 5) is 24.0. The van der Waals surface area contributed by atoms with Gasteiger partial charge in [0.2, 0.25) is 0 Å². The van der Waals surface area contributed by atoms with E-state index < -0.39 is 31.3 Å². The van der Waals surface area contributed by atoms with Gasteiger partial charge in [-0.05, 0) is 31.4 Å². The minimum absolute atomic E-state index is 0.182. The summed E-state index contributed by atoms with van der Waals surface area (Å²) in [6.07, 6.45) is -2.30. The largest absolute Gasteiger partial charge is 0.497 e. The van der Waals surface area contributed by atoms with Gasteiger partial charge in [-0.1, -0.05) is 12.1 Å². The van der Waals surface area contributed by atoms with Gasteiger partial charge in [-0.2, -0.15) is 0 Å². The first kappa shape index (κ1) is 17.3. The Morgan fingerprint density at radius 2 is 1.48 bits per heavy atom. The molecule has 0 bridgehead atoms. The average molecular weight is 322 g/mol. The van der Waals surface area contributed by atoms with Gasteiger partial charge < -0.3 is 23.5 Å². The Bertz CT molecular complexity index is 519. The van der Waals surface area contributed by atoms with Crippen LogP contribution in [0.15, 0.2) is 24.3 Å². The molecule has 0 spiro atoms.